The van der Waals surface area contributed by atoms with Crippen molar-refractivity contribution in [3.8, 4) is 11.4 Å². The Bertz CT molecular complexity index is 1090. The molecule has 0 fully saturated rings. The highest BCUT2D eigenvalue weighted by atomic mass is 16.3. The van der Waals surface area contributed by atoms with E-state index in [1.807, 2.05) is 16.7 Å². The molecule has 5 heterocycles. The summed E-state index contributed by atoms with van der Waals surface area (Å²) in [6.45, 7) is -1.75. The number of rotatable bonds is 0. The minimum atomic E-state index is -2.35. The summed E-state index contributed by atoms with van der Waals surface area (Å²) in [5, 5.41) is 0.861. The van der Waals surface area contributed by atoms with Gasteiger partial charge in [-0.25, -0.2) is 4.57 Å². The number of hydrogen-bond acceptors (Lipinski definition) is 3. The molecule has 0 aromatic carbocycles. The quantitative estimate of drug-likeness (QED) is 0.403. The molecule has 0 amide bonds. The fourth-order valence-corrected chi connectivity index (χ4v) is 3.01. The van der Waals surface area contributed by atoms with Crippen LogP contribution >= 0.6 is 0 Å². The summed E-state index contributed by atoms with van der Waals surface area (Å²) >= 11 is 0. The maximum atomic E-state index is 7.94. The molecule has 5 nitrogen and oxygen atoms in total. The third kappa shape index (κ3) is 1.02. The van der Waals surface area contributed by atoms with Gasteiger partial charge >= 0.3 is 5.71 Å². The number of aromatic nitrogens is 4. The molecule has 1 aliphatic rings. The molecule has 0 unspecified atom stereocenters. The van der Waals surface area contributed by atoms with E-state index < -0.39 is 6.98 Å². The van der Waals surface area contributed by atoms with Gasteiger partial charge in [0.15, 0.2) is 5.58 Å². The molecule has 4 aromatic rings. The van der Waals surface area contributed by atoms with E-state index in [1.54, 1.807) is 24.8 Å². The highest BCUT2D eigenvalue weighted by Gasteiger charge is 2.35. The lowest BCUT2D eigenvalue weighted by atomic mass is 10.2. The number of imidazole rings is 1. The second-order valence-electron chi connectivity index (χ2n) is 4.91. The van der Waals surface area contributed by atoms with Gasteiger partial charge < -0.3 is 4.42 Å². The average molecular weight is 266 g/mol. The van der Waals surface area contributed by atoms with Crippen molar-refractivity contribution >= 4 is 22.2 Å². The van der Waals surface area contributed by atoms with E-state index in [2.05, 4.69) is 9.97 Å². The van der Waals surface area contributed by atoms with E-state index in [1.165, 1.54) is 4.57 Å². The zero-order valence-electron chi connectivity index (χ0n) is 13.4. The zero-order valence-corrected chi connectivity index (χ0v) is 10.4. The van der Waals surface area contributed by atoms with E-state index in [0.29, 0.717) is 23.7 Å². The van der Waals surface area contributed by atoms with Gasteiger partial charge in [-0.3, -0.25) is 9.97 Å². The third-order valence-electron chi connectivity index (χ3n) is 3.87. The first-order valence-electron chi connectivity index (χ1n) is 7.80. The van der Waals surface area contributed by atoms with Gasteiger partial charge in [-0.05, 0) is 12.1 Å². The van der Waals surface area contributed by atoms with Crippen molar-refractivity contribution < 1.29 is 13.1 Å². The van der Waals surface area contributed by atoms with Crippen LogP contribution in [-0.2, 0) is 13.5 Å². The predicted molar refractivity (Wildman–Crippen MR) is 73.0 cm³/mol. The Morgan fingerprint density at radius 3 is 3.15 bits per heavy atom. The van der Waals surface area contributed by atoms with Gasteiger partial charge in [-0.2, -0.15) is 4.57 Å². The second-order valence-corrected chi connectivity index (χ2v) is 4.91. The van der Waals surface area contributed by atoms with E-state index in [9.17, 15) is 0 Å². The van der Waals surface area contributed by atoms with E-state index >= 15 is 0 Å². The van der Waals surface area contributed by atoms with Crippen molar-refractivity contribution in [2.24, 2.45) is 6.98 Å². The molecule has 0 spiro atoms. The second kappa shape index (κ2) is 3.25. The average Bonchev–Trinajstić information content (AvgIpc) is 3.12. The fourth-order valence-electron chi connectivity index (χ4n) is 3.01. The minimum absolute atomic E-state index is 0.345. The summed E-state index contributed by atoms with van der Waals surface area (Å²) in [4.78, 5) is 8.19. The molecule has 0 radical (unpaired) electrons. The van der Waals surface area contributed by atoms with Crippen LogP contribution in [-0.4, -0.2) is 14.5 Å². The van der Waals surface area contributed by atoms with Crippen LogP contribution in [0.5, 0.6) is 0 Å². The van der Waals surface area contributed by atoms with Crippen molar-refractivity contribution in [2.45, 2.75) is 6.54 Å². The Balaban J connectivity index is 2.01. The van der Waals surface area contributed by atoms with E-state index in [0.717, 1.165) is 22.0 Å². The molecule has 5 heteroatoms. The number of nitrogens with zero attached hydrogens (tertiary/aromatic N) is 4. The molecule has 0 saturated heterocycles. The van der Waals surface area contributed by atoms with Crippen molar-refractivity contribution in [3.63, 3.8) is 0 Å². The first kappa shape index (κ1) is 7.79. The van der Waals surface area contributed by atoms with Crippen molar-refractivity contribution in [2.75, 3.05) is 0 Å². The first-order chi connectivity index (χ1) is 11.1. The lowest BCUT2D eigenvalue weighted by molar-refractivity contribution is -0.640. The van der Waals surface area contributed by atoms with Gasteiger partial charge in [0.2, 0.25) is 5.52 Å². The van der Waals surface area contributed by atoms with Gasteiger partial charge in [0, 0.05) is 24.2 Å². The molecular weight excluding hydrogens is 252 g/mol. The van der Waals surface area contributed by atoms with E-state index in [-0.39, 0.29) is 0 Å². The SMILES string of the molecule is [2H]C([2H])([2H])[n+]1c2n(c3c4ccncc4oc31)Cc1ccncc1-2. The summed E-state index contributed by atoms with van der Waals surface area (Å²) in [5.74, 6) is 0.612. The molecule has 5 rings (SSSR count). The maximum absolute atomic E-state index is 7.94. The van der Waals surface area contributed by atoms with Crippen molar-refractivity contribution in [1.29, 1.82) is 0 Å². The first-order valence-corrected chi connectivity index (χ1v) is 6.30. The number of pyridine rings is 2. The van der Waals surface area contributed by atoms with Crippen LogP contribution in [0.4, 0.5) is 0 Å². The maximum Gasteiger partial charge on any atom is 0.339 e. The molecule has 0 saturated carbocycles. The Labute approximate surface area is 118 Å². The minimum Gasteiger partial charge on any atom is -0.417 e. The largest absolute Gasteiger partial charge is 0.417 e. The number of hydrogen-bond donors (Lipinski definition) is 0. The van der Waals surface area contributed by atoms with Crippen LogP contribution in [0.25, 0.3) is 33.6 Å². The summed E-state index contributed by atoms with van der Waals surface area (Å²) in [6, 6.07) is 3.77. The van der Waals surface area contributed by atoms with Gasteiger partial charge in [0.1, 0.15) is 6.54 Å². The van der Waals surface area contributed by atoms with Gasteiger partial charge in [0.05, 0.1) is 28.2 Å². The normalized spacial score (nSPS) is 15.9. The highest BCUT2D eigenvalue weighted by Crippen LogP contribution is 2.36. The van der Waals surface area contributed by atoms with Gasteiger partial charge in [0.25, 0.3) is 5.82 Å². The fraction of sp³-hybridized carbons (Fsp3) is 0.133. The molecule has 0 atom stereocenters. The Morgan fingerprint density at radius 2 is 2.20 bits per heavy atom. The summed E-state index contributed by atoms with van der Waals surface area (Å²) in [5.41, 5.74) is 3.60. The Hall–Kier alpha value is -2.69. The van der Waals surface area contributed by atoms with Crippen LogP contribution in [0.2, 0.25) is 0 Å². The zero-order chi connectivity index (χ0) is 15.8. The Morgan fingerprint density at radius 1 is 1.30 bits per heavy atom. The van der Waals surface area contributed by atoms with Crippen molar-refractivity contribution in [1.82, 2.24) is 14.5 Å². The van der Waals surface area contributed by atoms with Crippen molar-refractivity contribution in [3.05, 3.63) is 42.5 Å². The number of furan rings is 1. The molecular formula is C15H11N4O+. The van der Waals surface area contributed by atoms with Crippen LogP contribution in [0.15, 0.2) is 41.3 Å². The standard InChI is InChI=1S/C15H11N4O/c1-18-14-11-6-16-4-2-9(11)8-19(14)13-10-3-5-17-7-12(10)20-15(13)18/h2-7H,8H2,1H3/q+1/i1D3. The lowest BCUT2D eigenvalue weighted by Gasteiger charge is -1.93. The number of aryl methyl sites for hydroxylation is 1. The number of fused-ring (bicyclic) bond motifs is 7. The smallest absolute Gasteiger partial charge is 0.339 e. The van der Waals surface area contributed by atoms with Crippen LogP contribution in [0.1, 0.15) is 9.68 Å². The molecule has 0 N–H and O–H groups in total. The summed E-state index contributed by atoms with van der Waals surface area (Å²) in [7, 11) is 0. The predicted octanol–water partition coefficient (Wildman–Crippen LogP) is 2.03. The van der Waals surface area contributed by atoms with Crippen LogP contribution < -0.4 is 4.57 Å². The molecule has 4 aromatic heterocycles. The van der Waals surface area contributed by atoms with Crippen LogP contribution in [0.3, 0.4) is 0 Å². The molecule has 20 heavy (non-hydrogen) atoms. The summed E-state index contributed by atoms with van der Waals surface area (Å²) < 4.78 is 32.9. The van der Waals surface area contributed by atoms with Gasteiger partial charge in [-0.15, -0.1) is 0 Å². The highest BCUT2D eigenvalue weighted by molar-refractivity contribution is 6.01. The Kier molecular flexibility index (Phi) is 1.27. The third-order valence-corrected chi connectivity index (χ3v) is 3.87. The van der Waals surface area contributed by atoms with E-state index in [4.69, 9.17) is 8.53 Å². The molecule has 1 aliphatic heterocycles. The molecule has 0 aliphatic carbocycles. The molecule has 0 bridgehead atoms. The topological polar surface area (TPSA) is 47.7 Å². The monoisotopic (exact) mass is 266 g/mol. The lowest BCUT2D eigenvalue weighted by Crippen LogP contribution is -2.29. The molecule has 96 valence electrons. The van der Waals surface area contributed by atoms with Crippen LogP contribution in [0, 0.1) is 0 Å². The summed E-state index contributed by atoms with van der Waals surface area (Å²) in [6.07, 6.45) is 6.72. The van der Waals surface area contributed by atoms with Gasteiger partial charge in [-0.1, -0.05) is 0 Å².